The fourth-order valence-electron chi connectivity index (χ4n) is 1.57. The average molecular weight is 220 g/mol. The van der Waals surface area contributed by atoms with E-state index in [9.17, 15) is 4.79 Å². The summed E-state index contributed by atoms with van der Waals surface area (Å²) in [6, 6.07) is 7.43. The summed E-state index contributed by atoms with van der Waals surface area (Å²) in [6.07, 6.45) is 1.24. The summed E-state index contributed by atoms with van der Waals surface area (Å²) in [7, 11) is 1.58. The van der Waals surface area contributed by atoms with E-state index < -0.39 is 5.97 Å². The van der Waals surface area contributed by atoms with Gasteiger partial charge >= 0.3 is 5.97 Å². The second-order valence-corrected chi connectivity index (χ2v) is 3.79. The molecule has 0 radical (unpaired) electrons. The van der Waals surface area contributed by atoms with Crippen LogP contribution in [0.3, 0.4) is 0 Å². The van der Waals surface area contributed by atoms with Gasteiger partial charge in [0, 0.05) is 11.6 Å². The molecule has 0 bridgehead atoms. The average Bonchev–Trinajstić information content (AvgIpc) is 2.25. The second-order valence-electron chi connectivity index (χ2n) is 3.79. The highest BCUT2D eigenvalue weighted by atomic mass is 16.5. The van der Waals surface area contributed by atoms with Crippen LogP contribution in [0.5, 0.6) is 5.75 Å². The van der Waals surface area contributed by atoms with Gasteiger partial charge in [-0.15, -0.1) is 0 Å². The molecule has 0 saturated carbocycles. The lowest BCUT2D eigenvalue weighted by molar-refractivity contribution is -0.131. The second kappa shape index (κ2) is 5.35. The molecule has 16 heavy (non-hydrogen) atoms. The zero-order valence-corrected chi connectivity index (χ0v) is 9.73. The van der Waals surface area contributed by atoms with Gasteiger partial charge in [0.25, 0.3) is 0 Å². The minimum absolute atomic E-state index is 0.132. The summed E-state index contributed by atoms with van der Waals surface area (Å²) >= 11 is 0. The summed E-state index contributed by atoms with van der Waals surface area (Å²) in [4.78, 5) is 10.8. The molecule has 0 amide bonds. The number of methoxy groups -OCH3 is 1. The molecule has 1 aromatic rings. The predicted octanol–water partition coefficient (Wildman–Crippen LogP) is 2.82. The van der Waals surface area contributed by atoms with Gasteiger partial charge in [-0.05, 0) is 17.6 Å². The Labute approximate surface area is 95.4 Å². The monoisotopic (exact) mass is 220 g/mol. The minimum Gasteiger partial charge on any atom is -0.496 e. The molecule has 1 rings (SSSR count). The van der Waals surface area contributed by atoms with Crippen LogP contribution in [0.1, 0.15) is 19.4 Å². The lowest BCUT2D eigenvalue weighted by Gasteiger charge is -2.14. The number of aliphatic carboxylic acids is 1. The molecule has 0 heterocycles. The van der Waals surface area contributed by atoms with Crippen LogP contribution < -0.4 is 4.74 Å². The zero-order valence-electron chi connectivity index (χ0n) is 9.73. The van der Waals surface area contributed by atoms with Crippen molar-refractivity contribution in [2.75, 3.05) is 7.11 Å². The first-order valence-electron chi connectivity index (χ1n) is 5.14. The number of ether oxygens (including phenoxy) is 1. The molecule has 86 valence electrons. The Morgan fingerprint density at radius 3 is 2.50 bits per heavy atom. The molecule has 0 aliphatic rings. The summed E-state index contributed by atoms with van der Waals surface area (Å²) in [5.41, 5.74) is 1.60. The van der Waals surface area contributed by atoms with Crippen molar-refractivity contribution in [3.05, 3.63) is 35.9 Å². The van der Waals surface area contributed by atoms with Crippen LogP contribution in [-0.4, -0.2) is 18.2 Å². The first kappa shape index (κ1) is 12.3. The van der Waals surface area contributed by atoms with E-state index in [0.29, 0.717) is 5.75 Å². The standard InChI is InChI=1S/C13H16O3/c1-9(2)11(8-13(14)15)10-6-4-5-7-12(10)16-3/h4-9H,1-3H3,(H,14,15)/b11-8+. The Morgan fingerprint density at radius 1 is 1.38 bits per heavy atom. The van der Waals surface area contributed by atoms with E-state index in [0.717, 1.165) is 11.1 Å². The Balaban J connectivity index is 3.26. The molecule has 0 saturated heterocycles. The number of rotatable bonds is 4. The van der Waals surface area contributed by atoms with Crippen LogP contribution >= 0.6 is 0 Å². The maximum atomic E-state index is 10.8. The van der Waals surface area contributed by atoms with Crippen molar-refractivity contribution in [1.82, 2.24) is 0 Å². The summed E-state index contributed by atoms with van der Waals surface area (Å²) in [5.74, 6) is -0.106. The Bertz CT molecular complexity index is 405. The van der Waals surface area contributed by atoms with Crippen LogP contribution in [0.25, 0.3) is 5.57 Å². The van der Waals surface area contributed by atoms with Crippen LogP contribution in [0, 0.1) is 5.92 Å². The van der Waals surface area contributed by atoms with Gasteiger partial charge in [-0.25, -0.2) is 4.79 Å². The molecule has 0 spiro atoms. The van der Waals surface area contributed by atoms with Crippen molar-refractivity contribution >= 4 is 11.5 Å². The van der Waals surface area contributed by atoms with Gasteiger partial charge in [0.1, 0.15) is 5.75 Å². The summed E-state index contributed by atoms with van der Waals surface area (Å²) in [5, 5.41) is 8.84. The van der Waals surface area contributed by atoms with E-state index >= 15 is 0 Å². The molecule has 0 atom stereocenters. The number of benzene rings is 1. The van der Waals surface area contributed by atoms with Crippen molar-refractivity contribution in [3.8, 4) is 5.75 Å². The molecule has 3 nitrogen and oxygen atoms in total. The van der Waals surface area contributed by atoms with Crippen molar-refractivity contribution in [2.24, 2.45) is 5.92 Å². The highest BCUT2D eigenvalue weighted by Crippen LogP contribution is 2.30. The molecule has 0 fully saturated rings. The van der Waals surface area contributed by atoms with E-state index in [4.69, 9.17) is 9.84 Å². The van der Waals surface area contributed by atoms with Gasteiger partial charge in [-0.1, -0.05) is 32.0 Å². The highest BCUT2D eigenvalue weighted by molar-refractivity contribution is 5.91. The normalized spacial score (nSPS) is 11.6. The third-order valence-electron chi connectivity index (χ3n) is 2.32. The Morgan fingerprint density at radius 2 is 2.00 bits per heavy atom. The fourth-order valence-corrected chi connectivity index (χ4v) is 1.57. The molecule has 0 unspecified atom stereocenters. The number of hydrogen-bond donors (Lipinski definition) is 1. The van der Waals surface area contributed by atoms with Crippen molar-refractivity contribution in [2.45, 2.75) is 13.8 Å². The first-order chi connectivity index (χ1) is 7.56. The SMILES string of the molecule is COc1ccccc1/C(=C/C(=O)O)C(C)C. The number of allylic oxidation sites excluding steroid dienone is 1. The zero-order chi connectivity index (χ0) is 12.1. The molecular weight excluding hydrogens is 204 g/mol. The Kier molecular flexibility index (Phi) is 4.11. The number of carboxylic acid groups (broad SMARTS) is 1. The maximum Gasteiger partial charge on any atom is 0.328 e. The highest BCUT2D eigenvalue weighted by Gasteiger charge is 2.12. The minimum atomic E-state index is -0.936. The summed E-state index contributed by atoms with van der Waals surface area (Å²) < 4.78 is 5.22. The van der Waals surface area contributed by atoms with Crippen molar-refractivity contribution in [3.63, 3.8) is 0 Å². The predicted molar refractivity (Wildman–Crippen MR) is 63.4 cm³/mol. The largest absolute Gasteiger partial charge is 0.496 e. The molecule has 1 N–H and O–H groups in total. The van der Waals surface area contributed by atoms with Crippen LogP contribution in [0.2, 0.25) is 0 Å². The lowest BCUT2D eigenvalue weighted by Crippen LogP contribution is -2.00. The topological polar surface area (TPSA) is 46.5 Å². The van der Waals surface area contributed by atoms with Crippen LogP contribution in [0.15, 0.2) is 30.3 Å². The number of hydrogen-bond acceptors (Lipinski definition) is 2. The van der Waals surface area contributed by atoms with Gasteiger partial charge in [0.15, 0.2) is 0 Å². The first-order valence-corrected chi connectivity index (χ1v) is 5.14. The van der Waals surface area contributed by atoms with Gasteiger partial charge in [0.05, 0.1) is 7.11 Å². The molecule has 1 aromatic carbocycles. The van der Waals surface area contributed by atoms with Gasteiger partial charge < -0.3 is 9.84 Å². The number of carbonyl (C=O) groups is 1. The van der Waals surface area contributed by atoms with E-state index in [1.165, 1.54) is 6.08 Å². The van der Waals surface area contributed by atoms with E-state index in [1.54, 1.807) is 7.11 Å². The maximum absolute atomic E-state index is 10.8. The van der Waals surface area contributed by atoms with Crippen LogP contribution in [-0.2, 0) is 4.79 Å². The summed E-state index contributed by atoms with van der Waals surface area (Å²) in [6.45, 7) is 3.92. The van der Waals surface area contributed by atoms with Crippen LogP contribution in [0.4, 0.5) is 0 Å². The van der Waals surface area contributed by atoms with E-state index in [2.05, 4.69) is 0 Å². The quantitative estimate of drug-likeness (QED) is 0.793. The lowest BCUT2D eigenvalue weighted by atomic mass is 9.94. The molecule has 0 aliphatic carbocycles. The molecule has 0 aliphatic heterocycles. The number of para-hydroxylation sites is 1. The smallest absolute Gasteiger partial charge is 0.328 e. The number of carboxylic acids is 1. The Hall–Kier alpha value is -1.77. The molecule has 3 heteroatoms. The van der Waals surface area contributed by atoms with E-state index in [1.807, 2.05) is 38.1 Å². The third-order valence-corrected chi connectivity index (χ3v) is 2.32. The van der Waals surface area contributed by atoms with Gasteiger partial charge in [-0.2, -0.15) is 0 Å². The van der Waals surface area contributed by atoms with Gasteiger partial charge in [-0.3, -0.25) is 0 Å². The molecule has 0 aromatic heterocycles. The van der Waals surface area contributed by atoms with Crippen molar-refractivity contribution < 1.29 is 14.6 Å². The third kappa shape index (κ3) is 2.86. The molecular formula is C13H16O3. The van der Waals surface area contributed by atoms with E-state index in [-0.39, 0.29) is 5.92 Å². The van der Waals surface area contributed by atoms with Crippen molar-refractivity contribution in [1.29, 1.82) is 0 Å². The fraction of sp³-hybridized carbons (Fsp3) is 0.308. The van der Waals surface area contributed by atoms with Gasteiger partial charge in [0.2, 0.25) is 0 Å².